The molecule has 0 aliphatic rings. The quantitative estimate of drug-likeness (QED) is 0.625. The van der Waals surface area contributed by atoms with E-state index in [1.54, 1.807) is 51.6 Å². The van der Waals surface area contributed by atoms with E-state index in [1.165, 1.54) is 22.1 Å². The first-order valence-corrected chi connectivity index (χ1v) is 8.59. The second-order valence-corrected chi connectivity index (χ2v) is 6.61. The van der Waals surface area contributed by atoms with Gasteiger partial charge in [0.2, 0.25) is 0 Å². The van der Waals surface area contributed by atoms with Crippen molar-refractivity contribution in [3.8, 4) is 11.4 Å². The van der Waals surface area contributed by atoms with Crippen LogP contribution in [0.2, 0.25) is 0 Å². The number of carbonyl (C=O) groups is 1. The molecule has 3 rings (SSSR count). The molecule has 0 bridgehead atoms. The lowest BCUT2D eigenvalue weighted by atomic mass is 10.1. The first kappa shape index (κ1) is 20.2. The molecule has 6 nitrogen and oxygen atoms in total. The summed E-state index contributed by atoms with van der Waals surface area (Å²) in [4.78, 5) is 22.0. The number of aryl methyl sites for hydroxylation is 1. The molecular weight excluding hydrogens is 383 g/mol. The number of aromatic nitrogens is 4. The molecule has 0 aliphatic carbocycles. The van der Waals surface area contributed by atoms with Crippen molar-refractivity contribution in [2.45, 2.75) is 13.1 Å². The van der Waals surface area contributed by atoms with Crippen molar-refractivity contribution in [2.75, 3.05) is 14.1 Å². The van der Waals surface area contributed by atoms with Crippen molar-refractivity contribution in [1.29, 1.82) is 0 Å². The Morgan fingerprint density at radius 1 is 1.14 bits per heavy atom. The van der Waals surface area contributed by atoms with Gasteiger partial charge in [-0.05, 0) is 48.4 Å². The smallest absolute Gasteiger partial charge is 0.345 e. The van der Waals surface area contributed by atoms with Crippen LogP contribution in [-0.2, 0) is 11.0 Å². The van der Waals surface area contributed by atoms with Gasteiger partial charge in [0.05, 0.1) is 11.1 Å². The van der Waals surface area contributed by atoms with Crippen molar-refractivity contribution < 1.29 is 18.0 Å². The number of hydrogen-bond acceptors (Lipinski definition) is 4. The first-order chi connectivity index (χ1) is 13.6. The lowest BCUT2D eigenvalue weighted by Crippen LogP contribution is -2.23. The molecule has 0 radical (unpaired) electrons. The molecule has 2 heterocycles. The summed E-state index contributed by atoms with van der Waals surface area (Å²) in [6.45, 7) is 1.58. The lowest BCUT2D eigenvalue weighted by Gasteiger charge is -2.13. The number of rotatable bonds is 4. The van der Waals surface area contributed by atoms with Gasteiger partial charge < -0.3 is 4.90 Å². The summed E-state index contributed by atoms with van der Waals surface area (Å²) in [6.07, 6.45) is 1.48. The van der Waals surface area contributed by atoms with E-state index in [0.717, 1.165) is 12.1 Å². The molecule has 2 aromatic heterocycles. The minimum atomic E-state index is -4.46. The number of likely N-dealkylation sites (N-methyl/N-ethyl adjacent to an activating group) is 1. The third-order valence-corrected chi connectivity index (χ3v) is 4.06. The average molecular weight is 401 g/mol. The van der Waals surface area contributed by atoms with Gasteiger partial charge in [-0.25, -0.2) is 9.67 Å². The predicted molar refractivity (Wildman–Crippen MR) is 102 cm³/mol. The van der Waals surface area contributed by atoms with Gasteiger partial charge in [-0.2, -0.15) is 13.2 Å². The number of halogens is 3. The fraction of sp³-hybridized carbons (Fsp3) is 0.200. The normalized spacial score (nSPS) is 12.1. The molecule has 150 valence electrons. The van der Waals surface area contributed by atoms with Crippen LogP contribution in [0.5, 0.6) is 0 Å². The van der Waals surface area contributed by atoms with Gasteiger partial charge >= 0.3 is 6.18 Å². The van der Waals surface area contributed by atoms with Gasteiger partial charge in [-0.1, -0.05) is 0 Å². The van der Waals surface area contributed by atoms with Crippen LogP contribution in [0.25, 0.3) is 23.2 Å². The Morgan fingerprint density at radius 3 is 2.45 bits per heavy atom. The van der Waals surface area contributed by atoms with Gasteiger partial charge in [0, 0.05) is 38.3 Å². The monoisotopic (exact) mass is 401 g/mol. The maximum atomic E-state index is 13.1. The van der Waals surface area contributed by atoms with E-state index >= 15 is 0 Å². The third kappa shape index (κ3) is 4.68. The zero-order valence-corrected chi connectivity index (χ0v) is 16.0. The van der Waals surface area contributed by atoms with Crippen molar-refractivity contribution in [2.24, 2.45) is 0 Å². The number of benzene rings is 1. The van der Waals surface area contributed by atoms with Crippen LogP contribution < -0.4 is 0 Å². The molecule has 0 aliphatic heterocycles. The Labute approximate surface area is 165 Å². The number of carbonyl (C=O) groups excluding carboxylic acids is 1. The van der Waals surface area contributed by atoms with Crippen LogP contribution in [-0.4, -0.2) is 44.7 Å². The Balaban J connectivity index is 2.02. The Hall–Kier alpha value is -3.49. The van der Waals surface area contributed by atoms with E-state index in [4.69, 9.17) is 0 Å². The Bertz CT molecular complexity index is 1060. The highest BCUT2D eigenvalue weighted by molar-refractivity contribution is 6.22. The van der Waals surface area contributed by atoms with Gasteiger partial charge in [-0.3, -0.25) is 9.78 Å². The van der Waals surface area contributed by atoms with Crippen LogP contribution in [0.4, 0.5) is 13.2 Å². The van der Waals surface area contributed by atoms with Gasteiger partial charge in [0.25, 0.3) is 5.91 Å². The molecule has 0 saturated heterocycles. The maximum Gasteiger partial charge on any atom is 0.416 e. The van der Waals surface area contributed by atoms with Crippen LogP contribution in [0.1, 0.15) is 16.7 Å². The molecule has 0 fully saturated rings. The molecule has 1 amide bonds. The zero-order valence-electron chi connectivity index (χ0n) is 16.0. The molecule has 0 saturated carbocycles. The number of amides is 1. The van der Waals surface area contributed by atoms with Gasteiger partial charge in [0.1, 0.15) is 6.33 Å². The summed E-state index contributed by atoms with van der Waals surface area (Å²) in [5.74, 6) is -0.134. The molecule has 9 heteroatoms. The van der Waals surface area contributed by atoms with Crippen molar-refractivity contribution in [3.05, 3.63) is 65.7 Å². The third-order valence-electron chi connectivity index (χ3n) is 4.06. The van der Waals surface area contributed by atoms with E-state index in [0.29, 0.717) is 16.7 Å². The van der Waals surface area contributed by atoms with E-state index < -0.39 is 11.7 Å². The number of nitrogens with zero attached hydrogens (tertiary/aromatic N) is 5. The van der Waals surface area contributed by atoms with E-state index in [1.807, 2.05) is 0 Å². The van der Waals surface area contributed by atoms with Gasteiger partial charge in [-0.15, -0.1) is 5.10 Å². The maximum absolute atomic E-state index is 13.1. The van der Waals surface area contributed by atoms with Crippen LogP contribution >= 0.6 is 0 Å². The zero-order chi connectivity index (χ0) is 21.2. The SMILES string of the molecule is Cc1cc(-c2ncn(C=C(C(=O)N(C)C)c3ccncc3)n2)cc(C(F)(F)F)c1. The molecule has 0 N–H and O–H groups in total. The van der Waals surface area contributed by atoms with Crippen molar-refractivity contribution in [1.82, 2.24) is 24.6 Å². The second kappa shape index (κ2) is 7.86. The molecule has 3 aromatic rings. The summed E-state index contributed by atoms with van der Waals surface area (Å²) in [5, 5.41) is 4.23. The number of alkyl halides is 3. The van der Waals surface area contributed by atoms with E-state index in [-0.39, 0.29) is 17.3 Å². The van der Waals surface area contributed by atoms with Crippen LogP contribution in [0.3, 0.4) is 0 Å². The molecular formula is C20H18F3N5O. The predicted octanol–water partition coefficient (Wildman–Crippen LogP) is 3.75. The standard InChI is InChI=1S/C20H18F3N5O/c1-13-8-15(10-16(9-13)20(21,22)23)18-25-12-28(26-18)11-17(19(29)27(2)3)14-4-6-24-7-5-14/h4-12H,1-3H3. The van der Waals surface area contributed by atoms with Crippen molar-refractivity contribution in [3.63, 3.8) is 0 Å². The fourth-order valence-corrected chi connectivity index (χ4v) is 2.70. The minimum Gasteiger partial charge on any atom is -0.345 e. The molecule has 29 heavy (non-hydrogen) atoms. The molecule has 0 unspecified atom stereocenters. The van der Waals surface area contributed by atoms with E-state index in [2.05, 4.69) is 15.1 Å². The molecule has 0 spiro atoms. The summed E-state index contributed by atoms with van der Waals surface area (Å²) in [5.41, 5.74) is 0.898. The first-order valence-electron chi connectivity index (χ1n) is 8.59. The van der Waals surface area contributed by atoms with Crippen LogP contribution in [0, 0.1) is 6.92 Å². The molecule has 0 atom stereocenters. The number of pyridine rings is 1. The Morgan fingerprint density at radius 2 is 1.83 bits per heavy atom. The summed E-state index contributed by atoms with van der Waals surface area (Å²) in [6, 6.07) is 7.01. The highest BCUT2D eigenvalue weighted by Gasteiger charge is 2.31. The Kier molecular flexibility index (Phi) is 5.49. The second-order valence-electron chi connectivity index (χ2n) is 6.61. The van der Waals surface area contributed by atoms with Crippen LogP contribution in [0.15, 0.2) is 49.1 Å². The van der Waals surface area contributed by atoms with Crippen molar-refractivity contribution >= 4 is 17.7 Å². The summed E-state index contributed by atoms with van der Waals surface area (Å²) < 4.78 is 40.6. The topological polar surface area (TPSA) is 63.9 Å². The van der Waals surface area contributed by atoms with E-state index in [9.17, 15) is 18.0 Å². The van der Waals surface area contributed by atoms with Gasteiger partial charge in [0.15, 0.2) is 5.82 Å². The number of hydrogen-bond donors (Lipinski definition) is 0. The highest BCUT2D eigenvalue weighted by Crippen LogP contribution is 2.32. The summed E-state index contributed by atoms with van der Waals surface area (Å²) >= 11 is 0. The average Bonchev–Trinajstić information content (AvgIpc) is 3.14. The summed E-state index contributed by atoms with van der Waals surface area (Å²) in [7, 11) is 3.24. The largest absolute Gasteiger partial charge is 0.416 e. The minimum absolute atomic E-state index is 0.127. The highest BCUT2D eigenvalue weighted by atomic mass is 19.4. The molecule has 1 aromatic carbocycles. The fourth-order valence-electron chi connectivity index (χ4n) is 2.70. The lowest BCUT2D eigenvalue weighted by molar-refractivity contribution is -0.137.